The average molecular weight is 204 g/mol. The molecule has 0 rings (SSSR count). The van der Waals surface area contributed by atoms with Crippen molar-refractivity contribution in [3.8, 4) is 0 Å². The molecular formula is C6H15Cl2NO2. The van der Waals surface area contributed by atoms with Crippen LogP contribution in [0.25, 0.3) is 0 Å². The summed E-state index contributed by atoms with van der Waals surface area (Å²) < 4.78 is 0. The largest absolute Gasteiger partial charge is 0.480 e. The Balaban J connectivity index is -0.000000320. The Labute approximate surface area is 79.4 Å². The molecule has 0 aliphatic carbocycles. The van der Waals surface area contributed by atoms with E-state index in [-0.39, 0.29) is 36.9 Å². The van der Waals surface area contributed by atoms with Crippen molar-refractivity contribution >= 4 is 30.8 Å². The van der Waals surface area contributed by atoms with Gasteiger partial charge in [-0.1, -0.05) is 0 Å². The highest BCUT2D eigenvalue weighted by Gasteiger charge is 2.09. The number of rotatable bonds is 2. The maximum absolute atomic E-state index is 9.98. The van der Waals surface area contributed by atoms with Crippen LogP contribution >= 0.6 is 24.8 Å². The molecule has 0 aromatic heterocycles. The second-order valence-electron chi connectivity index (χ2n) is 3.00. The molecule has 0 saturated carbocycles. The summed E-state index contributed by atoms with van der Waals surface area (Å²) in [5.74, 6) is -0.815. The zero-order valence-corrected chi connectivity index (χ0v) is 8.51. The third-order valence-electron chi connectivity index (χ3n) is 0.770. The number of hydrogen-bond acceptors (Lipinski definition) is 2. The number of nitrogens with one attached hydrogen (secondary N) is 1. The van der Waals surface area contributed by atoms with E-state index in [1.54, 1.807) is 0 Å². The van der Waals surface area contributed by atoms with Gasteiger partial charge in [0.05, 0.1) is 6.54 Å². The average Bonchev–Trinajstić information content (AvgIpc) is 1.59. The van der Waals surface area contributed by atoms with Crippen LogP contribution in [0.3, 0.4) is 0 Å². The normalized spacial score (nSPS) is 9.36. The van der Waals surface area contributed by atoms with Crippen LogP contribution < -0.4 is 5.32 Å². The Morgan fingerprint density at radius 2 is 1.73 bits per heavy atom. The number of hydrogen-bond donors (Lipinski definition) is 2. The molecule has 0 amide bonds. The predicted octanol–water partition coefficient (Wildman–Crippen LogP) is 1.30. The van der Waals surface area contributed by atoms with E-state index in [1.165, 1.54) is 0 Å². The Morgan fingerprint density at radius 3 is 1.82 bits per heavy atom. The molecule has 70 valence electrons. The summed E-state index contributed by atoms with van der Waals surface area (Å²) in [7, 11) is 0. The molecule has 0 aromatic rings. The van der Waals surface area contributed by atoms with Crippen molar-refractivity contribution in [1.82, 2.24) is 5.32 Å². The molecular weight excluding hydrogens is 189 g/mol. The van der Waals surface area contributed by atoms with Crippen LogP contribution in [0.5, 0.6) is 0 Å². The Kier molecular flexibility index (Phi) is 10.5. The first-order valence-electron chi connectivity index (χ1n) is 2.88. The third kappa shape index (κ3) is 17.8. The van der Waals surface area contributed by atoms with Gasteiger partial charge in [0.25, 0.3) is 0 Å². The van der Waals surface area contributed by atoms with Gasteiger partial charge in [0.1, 0.15) is 0 Å². The molecule has 0 saturated heterocycles. The number of carbonyl (C=O) groups is 1. The van der Waals surface area contributed by atoms with E-state index < -0.39 is 5.97 Å². The molecule has 0 heterocycles. The molecule has 0 aromatic carbocycles. The standard InChI is InChI=1S/C6H13NO2.2ClH/c1-6(2,3)7-4-5(8)9;;/h7H,4H2,1-3H3,(H,8,9);2*1H. The molecule has 0 aliphatic rings. The lowest BCUT2D eigenvalue weighted by atomic mass is 10.1. The monoisotopic (exact) mass is 203 g/mol. The maximum Gasteiger partial charge on any atom is 0.317 e. The van der Waals surface area contributed by atoms with Crippen molar-refractivity contribution in [1.29, 1.82) is 0 Å². The van der Waals surface area contributed by atoms with E-state index in [2.05, 4.69) is 5.32 Å². The van der Waals surface area contributed by atoms with Crippen molar-refractivity contribution < 1.29 is 9.90 Å². The summed E-state index contributed by atoms with van der Waals surface area (Å²) in [6, 6.07) is 0. The van der Waals surface area contributed by atoms with Gasteiger partial charge >= 0.3 is 5.97 Å². The van der Waals surface area contributed by atoms with Gasteiger partial charge in [-0.3, -0.25) is 4.79 Å². The van der Waals surface area contributed by atoms with Crippen LogP contribution in [0.2, 0.25) is 0 Å². The SMILES string of the molecule is CC(C)(C)NCC(=O)O.Cl.Cl. The maximum atomic E-state index is 9.98. The minimum Gasteiger partial charge on any atom is -0.480 e. The van der Waals surface area contributed by atoms with E-state index in [0.717, 1.165) is 0 Å². The van der Waals surface area contributed by atoms with Gasteiger partial charge in [-0.15, -0.1) is 24.8 Å². The van der Waals surface area contributed by atoms with Gasteiger partial charge < -0.3 is 10.4 Å². The second kappa shape index (κ2) is 6.70. The van der Waals surface area contributed by atoms with Gasteiger partial charge in [0.2, 0.25) is 0 Å². The van der Waals surface area contributed by atoms with Gasteiger partial charge in [0, 0.05) is 5.54 Å². The second-order valence-corrected chi connectivity index (χ2v) is 3.00. The predicted molar refractivity (Wildman–Crippen MR) is 49.9 cm³/mol. The smallest absolute Gasteiger partial charge is 0.317 e. The molecule has 0 atom stereocenters. The summed E-state index contributed by atoms with van der Waals surface area (Å²) in [6.45, 7) is 5.81. The number of aliphatic carboxylic acids is 1. The fourth-order valence-electron chi connectivity index (χ4n) is 0.341. The molecule has 0 radical (unpaired) electrons. The first kappa shape index (κ1) is 17.2. The molecule has 0 fully saturated rings. The minimum absolute atomic E-state index is 0. The van der Waals surface area contributed by atoms with E-state index in [4.69, 9.17) is 5.11 Å². The van der Waals surface area contributed by atoms with Crippen LogP contribution in [0.15, 0.2) is 0 Å². The van der Waals surface area contributed by atoms with E-state index >= 15 is 0 Å². The summed E-state index contributed by atoms with van der Waals surface area (Å²) in [5.41, 5.74) is -0.0988. The molecule has 3 nitrogen and oxygen atoms in total. The van der Waals surface area contributed by atoms with E-state index in [1.807, 2.05) is 20.8 Å². The molecule has 0 unspecified atom stereocenters. The number of carboxylic acid groups (broad SMARTS) is 1. The summed E-state index contributed by atoms with van der Waals surface area (Å²) in [4.78, 5) is 9.98. The minimum atomic E-state index is -0.815. The van der Waals surface area contributed by atoms with Crippen LogP contribution in [-0.2, 0) is 4.79 Å². The Hall–Kier alpha value is 0.01000. The topological polar surface area (TPSA) is 49.3 Å². The first-order chi connectivity index (χ1) is 3.92. The van der Waals surface area contributed by atoms with Crippen molar-refractivity contribution in [3.63, 3.8) is 0 Å². The molecule has 11 heavy (non-hydrogen) atoms. The molecule has 2 N–H and O–H groups in total. The molecule has 5 heteroatoms. The molecule has 0 bridgehead atoms. The van der Waals surface area contributed by atoms with Gasteiger partial charge in [0.15, 0.2) is 0 Å². The Morgan fingerprint density at radius 1 is 1.36 bits per heavy atom. The number of carboxylic acids is 1. The van der Waals surface area contributed by atoms with Gasteiger partial charge in [-0.2, -0.15) is 0 Å². The first-order valence-corrected chi connectivity index (χ1v) is 2.88. The van der Waals surface area contributed by atoms with Crippen molar-refractivity contribution in [2.24, 2.45) is 0 Å². The van der Waals surface area contributed by atoms with E-state index in [0.29, 0.717) is 0 Å². The fraction of sp³-hybridized carbons (Fsp3) is 0.833. The van der Waals surface area contributed by atoms with Crippen LogP contribution in [0, 0.1) is 0 Å². The molecule has 0 spiro atoms. The highest BCUT2D eigenvalue weighted by atomic mass is 35.5. The lowest BCUT2D eigenvalue weighted by Gasteiger charge is -2.18. The lowest BCUT2D eigenvalue weighted by Crippen LogP contribution is -2.39. The summed E-state index contributed by atoms with van der Waals surface area (Å²) in [6.07, 6.45) is 0. The van der Waals surface area contributed by atoms with Gasteiger partial charge in [-0.05, 0) is 20.8 Å². The molecule has 0 aliphatic heterocycles. The third-order valence-corrected chi connectivity index (χ3v) is 0.770. The van der Waals surface area contributed by atoms with Crippen molar-refractivity contribution in [2.75, 3.05) is 6.54 Å². The van der Waals surface area contributed by atoms with Gasteiger partial charge in [-0.25, -0.2) is 0 Å². The fourth-order valence-corrected chi connectivity index (χ4v) is 0.341. The highest BCUT2D eigenvalue weighted by molar-refractivity contribution is 5.85. The lowest BCUT2D eigenvalue weighted by molar-refractivity contribution is -0.136. The van der Waals surface area contributed by atoms with Crippen molar-refractivity contribution in [2.45, 2.75) is 26.3 Å². The van der Waals surface area contributed by atoms with Crippen LogP contribution in [0.4, 0.5) is 0 Å². The summed E-state index contributed by atoms with van der Waals surface area (Å²) >= 11 is 0. The van der Waals surface area contributed by atoms with Crippen LogP contribution in [-0.4, -0.2) is 23.2 Å². The quantitative estimate of drug-likeness (QED) is 0.712. The zero-order chi connectivity index (χ0) is 7.49. The zero-order valence-electron chi connectivity index (χ0n) is 6.88. The summed E-state index contributed by atoms with van der Waals surface area (Å²) in [5, 5.41) is 11.0. The highest BCUT2D eigenvalue weighted by Crippen LogP contribution is 1.96. The van der Waals surface area contributed by atoms with Crippen LogP contribution in [0.1, 0.15) is 20.8 Å². The van der Waals surface area contributed by atoms with Crippen molar-refractivity contribution in [3.05, 3.63) is 0 Å². The van der Waals surface area contributed by atoms with E-state index in [9.17, 15) is 4.79 Å². The number of halogens is 2. The Bertz CT molecular complexity index is 112.